The zero-order chi connectivity index (χ0) is 13.9. The minimum absolute atomic E-state index is 0.00618. The number of hydrogen-bond donors (Lipinski definition) is 2. The molecule has 0 spiro atoms. The van der Waals surface area contributed by atoms with Crippen LogP contribution in [0.15, 0.2) is 24.3 Å². The molecule has 2 atom stereocenters. The average Bonchev–Trinajstić information content (AvgIpc) is 2.66. The van der Waals surface area contributed by atoms with Crippen LogP contribution in [-0.4, -0.2) is 39.1 Å². The summed E-state index contributed by atoms with van der Waals surface area (Å²) >= 11 is 0. The number of sulfonamides is 1. The Bertz CT molecular complexity index is 529. The highest BCUT2D eigenvalue weighted by Gasteiger charge is 2.33. The van der Waals surface area contributed by atoms with Gasteiger partial charge in [-0.25, -0.2) is 13.1 Å². The molecular formula is C13H19NO4S. The second kappa shape index (κ2) is 6.00. The zero-order valence-electron chi connectivity index (χ0n) is 10.9. The quantitative estimate of drug-likeness (QED) is 0.751. The van der Waals surface area contributed by atoms with Crippen LogP contribution < -0.4 is 4.72 Å². The smallest absolute Gasteiger partial charge is 0.212 e. The SMILES string of the molecule is COCCCS(=O)(=O)NC1c2ccccc2CC1O. The predicted octanol–water partition coefficient (Wildman–Crippen LogP) is 0.601. The fourth-order valence-electron chi connectivity index (χ4n) is 2.36. The molecule has 0 amide bonds. The van der Waals surface area contributed by atoms with E-state index in [2.05, 4.69) is 4.72 Å². The topological polar surface area (TPSA) is 75.6 Å². The highest BCUT2D eigenvalue weighted by molar-refractivity contribution is 7.89. The predicted molar refractivity (Wildman–Crippen MR) is 72.3 cm³/mol. The largest absolute Gasteiger partial charge is 0.391 e. The lowest BCUT2D eigenvalue weighted by Gasteiger charge is -2.17. The Morgan fingerprint density at radius 1 is 1.42 bits per heavy atom. The summed E-state index contributed by atoms with van der Waals surface area (Å²) in [4.78, 5) is 0. The van der Waals surface area contributed by atoms with Crippen molar-refractivity contribution in [2.45, 2.75) is 25.0 Å². The molecule has 1 aliphatic carbocycles. The first-order valence-electron chi connectivity index (χ1n) is 6.28. The summed E-state index contributed by atoms with van der Waals surface area (Å²) in [5.41, 5.74) is 1.87. The molecule has 0 bridgehead atoms. The third-order valence-corrected chi connectivity index (χ3v) is 4.71. The second-order valence-corrected chi connectivity index (χ2v) is 6.60. The molecule has 106 valence electrons. The maximum Gasteiger partial charge on any atom is 0.212 e. The van der Waals surface area contributed by atoms with Crippen molar-refractivity contribution in [3.8, 4) is 0 Å². The Labute approximate surface area is 113 Å². The van der Waals surface area contributed by atoms with Gasteiger partial charge in [-0.05, 0) is 17.5 Å². The van der Waals surface area contributed by atoms with Gasteiger partial charge in [0.15, 0.2) is 0 Å². The number of aliphatic hydroxyl groups is 1. The van der Waals surface area contributed by atoms with E-state index < -0.39 is 22.2 Å². The Morgan fingerprint density at radius 3 is 2.89 bits per heavy atom. The normalized spacial score (nSPS) is 22.4. The first-order chi connectivity index (χ1) is 9.03. The average molecular weight is 285 g/mol. The molecule has 2 unspecified atom stereocenters. The van der Waals surface area contributed by atoms with E-state index in [1.165, 1.54) is 7.11 Å². The van der Waals surface area contributed by atoms with Gasteiger partial charge in [-0.3, -0.25) is 0 Å². The monoisotopic (exact) mass is 285 g/mol. The van der Waals surface area contributed by atoms with Crippen molar-refractivity contribution in [3.05, 3.63) is 35.4 Å². The molecule has 0 radical (unpaired) electrons. The van der Waals surface area contributed by atoms with E-state index in [1.807, 2.05) is 24.3 Å². The minimum atomic E-state index is -3.40. The summed E-state index contributed by atoms with van der Waals surface area (Å²) in [5, 5.41) is 9.99. The lowest BCUT2D eigenvalue weighted by molar-refractivity contribution is 0.151. The van der Waals surface area contributed by atoms with Crippen molar-refractivity contribution in [2.24, 2.45) is 0 Å². The fraction of sp³-hybridized carbons (Fsp3) is 0.538. The van der Waals surface area contributed by atoms with E-state index in [-0.39, 0.29) is 5.75 Å². The second-order valence-electron chi connectivity index (χ2n) is 4.73. The van der Waals surface area contributed by atoms with Gasteiger partial charge in [0.05, 0.1) is 17.9 Å². The minimum Gasteiger partial charge on any atom is -0.391 e. The Morgan fingerprint density at radius 2 is 2.16 bits per heavy atom. The van der Waals surface area contributed by atoms with E-state index >= 15 is 0 Å². The number of aliphatic hydroxyl groups excluding tert-OH is 1. The van der Waals surface area contributed by atoms with Gasteiger partial charge in [0, 0.05) is 20.1 Å². The van der Waals surface area contributed by atoms with E-state index in [9.17, 15) is 13.5 Å². The lowest BCUT2D eigenvalue weighted by Crippen LogP contribution is -2.35. The maximum atomic E-state index is 11.9. The molecule has 5 nitrogen and oxygen atoms in total. The van der Waals surface area contributed by atoms with Crippen LogP contribution in [0.25, 0.3) is 0 Å². The van der Waals surface area contributed by atoms with Crippen molar-refractivity contribution >= 4 is 10.0 Å². The van der Waals surface area contributed by atoms with Gasteiger partial charge in [-0.1, -0.05) is 24.3 Å². The molecule has 0 heterocycles. The first kappa shape index (κ1) is 14.5. The van der Waals surface area contributed by atoms with Gasteiger partial charge in [-0.15, -0.1) is 0 Å². The molecule has 1 aromatic rings. The number of rotatable bonds is 6. The van der Waals surface area contributed by atoms with Crippen LogP contribution in [0, 0.1) is 0 Å². The standard InChI is InChI=1S/C13H19NO4S/c1-18-7-4-8-19(16,17)14-13-11-6-3-2-5-10(11)9-12(13)15/h2-3,5-6,12-15H,4,7-9H2,1H3. The number of fused-ring (bicyclic) bond motifs is 1. The van der Waals surface area contributed by atoms with Crippen LogP contribution in [0.1, 0.15) is 23.6 Å². The molecule has 19 heavy (non-hydrogen) atoms. The Balaban J connectivity index is 2.07. The van der Waals surface area contributed by atoms with Crippen LogP contribution in [0.5, 0.6) is 0 Å². The number of hydrogen-bond acceptors (Lipinski definition) is 4. The van der Waals surface area contributed by atoms with Gasteiger partial charge in [0.1, 0.15) is 0 Å². The van der Waals surface area contributed by atoms with E-state index in [0.717, 1.165) is 11.1 Å². The molecule has 0 aromatic heterocycles. The van der Waals surface area contributed by atoms with E-state index in [1.54, 1.807) is 0 Å². The maximum absolute atomic E-state index is 11.9. The highest BCUT2D eigenvalue weighted by Crippen LogP contribution is 2.31. The van der Waals surface area contributed by atoms with Gasteiger partial charge in [0.2, 0.25) is 10.0 Å². The van der Waals surface area contributed by atoms with Crippen LogP contribution >= 0.6 is 0 Å². The molecule has 0 fully saturated rings. The van der Waals surface area contributed by atoms with Crippen LogP contribution in [-0.2, 0) is 21.2 Å². The van der Waals surface area contributed by atoms with Crippen LogP contribution in [0.2, 0.25) is 0 Å². The number of ether oxygens (including phenoxy) is 1. The van der Waals surface area contributed by atoms with Crippen molar-refractivity contribution in [1.82, 2.24) is 4.72 Å². The molecule has 2 N–H and O–H groups in total. The van der Waals surface area contributed by atoms with Gasteiger partial charge in [0.25, 0.3) is 0 Å². The zero-order valence-corrected chi connectivity index (χ0v) is 11.7. The fourth-order valence-corrected chi connectivity index (χ4v) is 3.65. The number of methoxy groups -OCH3 is 1. The summed E-state index contributed by atoms with van der Waals surface area (Å²) < 4.78 is 31.3. The summed E-state index contributed by atoms with van der Waals surface area (Å²) in [6, 6.07) is 6.97. The summed E-state index contributed by atoms with van der Waals surface area (Å²) in [6.07, 6.45) is 0.229. The summed E-state index contributed by atoms with van der Waals surface area (Å²) in [5.74, 6) is 0.00618. The van der Waals surface area contributed by atoms with Gasteiger partial charge in [-0.2, -0.15) is 0 Å². The van der Waals surface area contributed by atoms with Crippen molar-refractivity contribution in [2.75, 3.05) is 19.5 Å². The number of benzene rings is 1. The highest BCUT2D eigenvalue weighted by atomic mass is 32.2. The molecule has 1 aliphatic rings. The Hall–Kier alpha value is -0.950. The third kappa shape index (κ3) is 3.54. The van der Waals surface area contributed by atoms with Gasteiger partial charge < -0.3 is 9.84 Å². The van der Waals surface area contributed by atoms with Crippen molar-refractivity contribution in [3.63, 3.8) is 0 Å². The summed E-state index contributed by atoms with van der Waals surface area (Å²) in [7, 11) is -1.86. The van der Waals surface area contributed by atoms with Crippen LogP contribution in [0.3, 0.4) is 0 Å². The summed E-state index contributed by atoms with van der Waals surface area (Å²) in [6.45, 7) is 0.407. The molecule has 6 heteroatoms. The lowest BCUT2D eigenvalue weighted by atomic mass is 10.1. The van der Waals surface area contributed by atoms with Gasteiger partial charge >= 0.3 is 0 Å². The first-order valence-corrected chi connectivity index (χ1v) is 7.93. The van der Waals surface area contributed by atoms with Crippen LogP contribution in [0.4, 0.5) is 0 Å². The molecular weight excluding hydrogens is 266 g/mol. The van der Waals surface area contributed by atoms with E-state index in [4.69, 9.17) is 4.74 Å². The van der Waals surface area contributed by atoms with E-state index in [0.29, 0.717) is 19.4 Å². The molecule has 2 rings (SSSR count). The molecule has 0 saturated heterocycles. The third-order valence-electron chi connectivity index (χ3n) is 3.27. The number of nitrogens with one attached hydrogen (secondary N) is 1. The Kier molecular flexibility index (Phi) is 4.57. The van der Waals surface area contributed by atoms with Crippen molar-refractivity contribution in [1.29, 1.82) is 0 Å². The molecule has 0 saturated carbocycles. The van der Waals surface area contributed by atoms with Crippen molar-refractivity contribution < 1.29 is 18.3 Å². The molecule has 0 aliphatic heterocycles. The molecule has 1 aromatic carbocycles.